The summed E-state index contributed by atoms with van der Waals surface area (Å²) in [7, 11) is 0. The first-order valence-corrected chi connectivity index (χ1v) is 15.4. The zero-order valence-electron chi connectivity index (χ0n) is 22.9. The third-order valence-electron chi connectivity index (χ3n) is 7.87. The number of piperidine rings is 1. The Balaban J connectivity index is 1.27. The van der Waals surface area contributed by atoms with Crippen molar-refractivity contribution in [1.82, 2.24) is 9.88 Å². The van der Waals surface area contributed by atoms with E-state index in [-0.39, 0.29) is 17.4 Å². The first kappa shape index (κ1) is 29.5. The molecule has 11 heteroatoms. The van der Waals surface area contributed by atoms with Gasteiger partial charge in [0.2, 0.25) is 0 Å². The van der Waals surface area contributed by atoms with Crippen molar-refractivity contribution < 1.29 is 4.79 Å². The van der Waals surface area contributed by atoms with E-state index >= 15 is 0 Å². The molecule has 3 N–H and O–H groups in total. The molecule has 1 amide bonds. The highest BCUT2D eigenvalue weighted by Gasteiger charge is 2.35. The van der Waals surface area contributed by atoms with Crippen molar-refractivity contribution in [2.75, 3.05) is 28.6 Å². The number of thiocarbonyl (C=S) groups is 1. The molecule has 0 unspecified atom stereocenters. The molecule has 7 nitrogen and oxygen atoms in total. The van der Waals surface area contributed by atoms with Crippen LogP contribution in [0.2, 0.25) is 15.1 Å². The third-order valence-corrected chi connectivity index (χ3v) is 8.88. The maximum Gasteiger partial charge on any atom is 0.251 e. The van der Waals surface area contributed by atoms with Gasteiger partial charge in [0.25, 0.3) is 11.5 Å². The normalized spacial score (nSPS) is 17.1. The summed E-state index contributed by atoms with van der Waals surface area (Å²) in [6.07, 6.45) is 1.03. The molecule has 4 aromatic rings. The summed E-state index contributed by atoms with van der Waals surface area (Å²) in [5, 5.41) is 11.3. The fourth-order valence-electron chi connectivity index (χ4n) is 5.90. The standard InChI is InChI=1S/C32H28Cl3N5O2S/c33-23-7-4-19(5-8-23)15-36-31(42)21-6-11-29(27(13-21)38-32(43)37-26-10-9-24(34)14-25(26)35)39-16-20-12-22(18-39)28-2-1-3-30(41)40(28)17-20/h1-11,13-14,20,22H,12,15-18H2,(H,36,42)(H2,37,38,43)/t20-,22+/m1/s1. The van der Waals surface area contributed by atoms with E-state index in [1.54, 1.807) is 36.4 Å². The number of halogens is 3. The maximum atomic E-state index is 13.2. The van der Waals surface area contributed by atoms with Crippen molar-refractivity contribution in [2.24, 2.45) is 5.92 Å². The summed E-state index contributed by atoms with van der Waals surface area (Å²) in [4.78, 5) is 28.1. The summed E-state index contributed by atoms with van der Waals surface area (Å²) >= 11 is 24.1. The second-order valence-corrected chi connectivity index (χ2v) is 12.5. The highest BCUT2D eigenvalue weighted by atomic mass is 35.5. The van der Waals surface area contributed by atoms with Crippen LogP contribution in [-0.4, -0.2) is 28.7 Å². The Kier molecular flexibility index (Phi) is 8.63. The number of aromatic nitrogens is 1. The number of carbonyl (C=O) groups is 1. The van der Waals surface area contributed by atoms with E-state index in [4.69, 9.17) is 47.0 Å². The summed E-state index contributed by atoms with van der Waals surface area (Å²) in [5.41, 5.74) is 4.76. The van der Waals surface area contributed by atoms with Gasteiger partial charge in [0.15, 0.2) is 5.11 Å². The highest BCUT2D eigenvalue weighted by molar-refractivity contribution is 7.80. The molecular formula is C32H28Cl3N5O2S. The van der Waals surface area contributed by atoms with Gasteiger partial charge in [0, 0.05) is 59.5 Å². The summed E-state index contributed by atoms with van der Waals surface area (Å²) < 4.78 is 1.92. The van der Waals surface area contributed by atoms with Crippen LogP contribution >= 0.6 is 47.0 Å². The van der Waals surface area contributed by atoms with Crippen LogP contribution in [0.3, 0.4) is 0 Å². The largest absolute Gasteiger partial charge is 0.369 e. The van der Waals surface area contributed by atoms with Crippen LogP contribution in [0.5, 0.6) is 0 Å². The minimum Gasteiger partial charge on any atom is -0.369 e. The monoisotopic (exact) mass is 651 g/mol. The lowest BCUT2D eigenvalue weighted by Crippen LogP contribution is -2.47. The summed E-state index contributed by atoms with van der Waals surface area (Å²) in [6, 6.07) is 23.6. The highest BCUT2D eigenvalue weighted by Crippen LogP contribution is 2.39. The molecule has 6 rings (SSSR count). The molecular weight excluding hydrogens is 625 g/mol. The van der Waals surface area contributed by atoms with Crippen molar-refractivity contribution in [1.29, 1.82) is 0 Å². The third kappa shape index (κ3) is 6.68. The number of amides is 1. The first-order valence-electron chi connectivity index (χ1n) is 13.9. The molecule has 1 saturated heterocycles. The first-order chi connectivity index (χ1) is 20.7. The Bertz CT molecular complexity index is 1760. The lowest BCUT2D eigenvalue weighted by molar-refractivity contribution is 0.0951. The Morgan fingerprint density at radius 1 is 0.860 bits per heavy atom. The molecule has 0 saturated carbocycles. The van der Waals surface area contributed by atoms with E-state index in [2.05, 4.69) is 20.9 Å². The fourth-order valence-corrected chi connectivity index (χ4v) is 6.70. The second-order valence-electron chi connectivity index (χ2n) is 10.8. The predicted octanol–water partition coefficient (Wildman–Crippen LogP) is 7.17. The molecule has 3 heterocycles. The van der Waals surface area contributed by atoms with Gasteiger partial charge in [-0.25, -0.2) is 0 Å². The van der Waals surface area contributed by atoms with Gasteiger partial charge < -0.3 is 25.4 Å². The van der Waals surface area contributed by atoms with E-state index in [0.29, 0.717) is 56.1 Å². The molecule has 2 aliphatic heterocycles. The van der Waals surface area contributed by atoms with Crippen molar-refractivity contribution in [3.63, 3.8) is 0 Å². The van der Waals surface area contributed by atoms with E-state index in [1.165, 1.54) is 0 Å². The summed E-state index contributed by atoms with van der Waals surface area (Å²) in [6.45, 7) is 2.56. The average Bonchev–Trinajstić information content (AvgIpc) is 2.98. The molecule has 0 spiro atoms. The van der Waals surface area contributed by atoms with Crippen molar-refractivity contribution >= 4 is 75.1 Å². The Morgan fingerprint density at radius 3 is 2.42 bits per heavy atom. The van der Waals surface area contributed by atoms with E-state index in [1.807, 2.05) is 47.0 Å². The fraction of sp³-hybridized carbons (Fsp3) is 0.219. The number of fused-ring (bicyclic) bond motifs is 4. The minimum atomic E-state index is -0.215. The number of carbonyl (C=O) groups excluding carboxylic acids is 1. The number of pyridine rings is 1. The van der Waals surface area contributed by atoms with E-state index in [0.717, 1.165) is 36.5 Å². The minimum absolute atomic E-state index is 0.0502. The number of hydrogen-bond donors (Lipinski definition) is 3. The molecule has 1 aromatic heterocycles. The Labute approximate surface area is 269 Å². The van der Waals surface area contributed by atoms with E-state index < -0.39 is 0 Å². The predicted molar refractivity (Wildman–Crippen MR) is 179 cm³/mol. The van der Waals surface area contributed by atoms with Gasteiger partial charge in [0.1, 0.15) is 0 Å². The van der Waals surface area contributed by atoms with Gasteiger partial charge in [0.05, 0.1) is 22.1 Å². The van der Waals surface area contributed by atoms with Gasteiger partial charge in [-0.15, -0.1) is 0 Å². The number of nitrogens with one attached hydrogen (secondary N) is 3. The lowest BCUT2D eigenvalue weighted by Gasteiger charge is -2.44. The van der Waals surface area contributed by atoms with Crippen LogP contribution in [0.4, 0.5) is 17.1 Å². The van der Waals surface area contributed by atoms with E-state index in [9.17, 15) is 9.59 Å². The number of benzene rings is 3. The van der Waals surface area contributed by atoms with Crippen molar-refractivity contribution in [3.8, 4) is 0 Å². The van der Waals surface area contributed by atoms with Gasteiger partial charge in [-0.1, -0.05) is 53.0 Å². The molecule has 0 radical (unpaired) electrons. The molecule has 2 atom stereocenters. The van der Waals surface area contributed by atoms with Crippen molar-refractivity contribution in [2.45, 2.75) is 25.4 Å². The molecule has 3 aromatic carbocycles. The summed E-state index contributed by atoms with van der Waals surface area (Å²) in [5.74, 6) is 0.321. The average molecular weight is 653 g/mol. The lowest BCUT2D eigenvalue weighted by atomic mass is 9.83. The zero-order chi connectivity index (χ0) is 30.1. The van der Waals surface area contributed by atoms with Crippen LogP contribution in [0.25, 0.3) is 0 Å². The van der Waals surface area contributed by atoms with Gasteiger partial charge in [-0.3, -0.25) is 9.59 Å². The smallest absolute Gasteiger partial charge is 0.251 e. The topological polar surface area (TPSA) is 78.4 Å². The Hall–Kier alpha value is -3.56. The Morgan fingerprint density at radius 2 is 1.63 bits per heavy atom. The van der Waals surface area contributed by atoms with Crippen LogP contribution in [0.1, 0.15) is 34.0 Å². The SMILES string of the molecule is O=C(NCc1ccc(Cl)cc1)c1ccc(N2C[C@H]3C[C@@H](C2)c2cccc(=O)n2C3)c(NC(=S)Nc2ccc(Cl)cc2Cl)c1. The van der Waals surface area contributed by atoms with Crippen LogP contribution in [0.15, 0.2) is 83.7 Å². The molecule has 43 heavy (non-hydrogen) atoms. The number of nitrogens with zero attached hydrogens (tertiary/aromatic N) is 2. The quantitative estimate of drug-likeness (QED) is 0.192. The molecule has 2 aliphatic rings. The zero-order valence-corrected chi connectivity index (χ0v) is 26.0. The number of anilines is 3. The van der Waals surface area contributed by atoms with Crippen LogP contribution in [-0.2, 0) is 13.1 Å². The molecule has 1 fully saturated rings. The van der Waals surface area contributed by atoms with Gasteiger partial charge in [-0.05, 0) is 84.7 Å². The molecule has 0 aliphatic carbocycles. The number of hydrogen-bond acceptors (Lipinski definition) is 4. The van der Waals surface area contributed by atoms with Crippen LogP contribution in [0, 0.1) is 5.92 Å². The van der Waals surface area contributed by atoms with Gasteiger partial charge >= 0.3 is 0 Å². The van der Waals surface area contributed by atoms with Crippen molar-refractivity contribution in [3.05, 3.63) is 121 Å². The van der Waals surface area contributed by atoms with Crippen LogP contribution < -0.4 is 26.4 Å². The maximum absolute atomic E-state index is 13.2. The number of rotatable bonds is 6. The molecule has 2 bridgehead atoms. The molecule has 220 valence electrons. The second kappa shape index (κ2) is 12.6. The van der Waals surface area contributed by atoms with Gasteiger partial charge in [-0.2, -0.15) is 0 Å².